The highest BCUT2D eigenvalue weighted by Gasteiger charge is 2.51. The van der Waals surface area contributed by atoms with E-state index in [4.69, 9.17) is 9.47 Å². The van der Waals surface area contributed by atoms with Crippen molar-refractivity contribution in [2.45, 2.75) is 51.9 Å². The molecule has 0 saturated heterocycles. The molecule has 0 radical (unpaired) electrons. The Hall–Kier alpha value is -2.04. The third-order valence-corrected chi connectivity index (χ3v) is 7.01. The average Bonchev–Trinajstić information content (AvgIpc) is 2.64. The summed E-state index contributed by atoms with van der Waals surface area (Å²) < 4.78 is 11.2. The molecule has 4 saturated carbocycles. The summed E-state index contributed by atoms with van der Waals surface area (Å²) in [5.74, 6) is 4.18. The summed E-state index contributed by atoms with van der Waals surface area (Å²) in [7, 11) is 0. The first kappa shape index (κ1) is 17.1. The maximum atomic E-state index is 12.6. The third kappa shape index (κ3) is 3.32. The molecule has 1 amide bonds. The Bertz CT molecular complexity index is 750. The van der Waals surface area contributed by atoms with Crippen LogP contribution in [0.2, 0.25) is 0 Å². The zero-order chi connectivity index (χ0) is 18.4. The van der Waals surface area contributed by atoms with E-state index in [0.717, 1.165) is 40.5 Å². The van der Waals surface area contributed by atoms with Crippen LogP contribution in [0.1, 0.15) is 57.4 Å². The minimum Gasteiger partial charge on any atom is -0.486 e. The van der Waals surface area contributed by atoms with Crippen molar-refractivity contribution < 1.29 is 14.3 Å². The van der Waals surface area contributed by atoms with E-state index in [9.17, 15) is 4.79 Å². The number of hydrazone groups is 1. The third-order valence-electron chi connectivity index (χ3n) is 7.01. The summed E-state index contributed by atoms with van der Waals surface area (Å²) in [6.07, 6.45) is 8.59. The SMILES string of the molecule is C/C(=N/NC(=O)CC12CC3CC(CC(C3)C1)C2)c1ccc2c(c1)OCCO2. The Morgan fingerprint density at radius 1 is 1.07 bits per heavy atom. The zero-order valence-electron chi connectivity index (χ0n) is 16.0. The van der Waals surface area contributed by atoms with Gasteiger partial charge < -0.3 is 9.47 Å². The molecule has 1 aromatic rings. The molecular weight excluding hydrogens is 340 g/mol. The quantitative estimate of drug-likeness (QED) is 0.648. The van der Waals surface area contributed by atoms with Crippen LogP contribution in [-0.2, 0) is 4.79 Å². The van der Waals surface area contributed by atoms with Crippen LogP contribution in [0.3, 0.4) is 0 Å². The lowest BCUT2D eigenvalue weighted by molar-refractivity contribution is -0.129. The highest BCUT2D eigenvalue weighted by atomic mass is 16.6. The van der Waals surface area contributed by atoms with Crippen LogP contribution in [0.25, 0.3) is 0 Å². The van der Waals surface area contributed by atoms with E-state index in [1.54, 1.807) is 0 Å². The van der Waals surface area contributed by atoms with E-state index in [-0.39, 0.29) is 11.3 Å². The smallest absolute Gasteiger partial charge is 0.240 e. The van der Waals surface area contributed by atoms with Gasteiger partial charge in [-0.25, -0.2) is 5.43 Å². The Labute approximate surface area is 160 Å². The number of amides is 1. The van der Waals surface area contributed by atoms with E-state index in [1.807, 2.05) is 25.1 Å². The summed E-state index contributed by atoms with van der Waals surface area (Å²) in [5, 5.41) is 4.36. The van der Waals surface area contributed by atoms with Crippen molar-refractivity contribution in [2.24, 2.45) is 28.3 Å². The van der Waals surface area contributed by atoms with Crippen LogP contribution >= 0.6 is 0 Å². The predicted octanol–water partition coefficient (Wildman–Crippen LogP) is 3.90. The van der Waals surface area contributed by atoms with Gasteiger partial charge in [-0.3, -0.25) is 4.79 Å². The van der Waals surface area contributed by atoms with Gasteiger partial charge in [0.15, 0.2) is 11.5 Å². The van der Waals surface area contributed by atoms with Gasteiger partial charge in [0.2, 0.25) is 5.91 Å². The lowest BCUT2D eigenvalue weighted by Crippen LogP contribution is -2.47. The topological polar surface area (TPSA) is 59.9 Å². The number of ether oxygens (including phenoxy) is 2. The van der Waals surface area contributed by atoms with Crippen molar-refractivity contribution in [1.29, 1.82) is 0 Å². The van der Waals surface area contributed by atoms with E-state index >= 15 is 0 Å². The summed E-state index contributed by atoms with van der Waals surface area (Å²) in [6, 6.07) is 5.79. The van der Waals surface area contributed by atoms with Crippen LogP contribution < -0.4 is 14.9 Å². The van der Waals surface area contributed by atoms with E-state index < -0.39 is 0 Å². The minimum absolute atomic E-state index is 0.0637. The second-order valence-electron chi connectivity index (χ2n) is 9.18. The first-order valence-corrected chi connectivity index (χ1v) is 10.3. The fourth-order valence-corrected chi connectivity index (χ4v) is 6.37. The monoisotopic (exact) mass is 368 g/mol. The van der Waals surface area contributed by atoms with Gasteiger partial charge in [0.25, 0.3) is 0 Å². The van der Waals surface area contributed by atoms with Gasteiger partial charge >= 0.3 is 0 Å². The molecule has 27 heavy (non-hydrogen) atoms. The van der Waals surface area contributed by atoms with Crippen LogP contribution in [0.15, 0.2) is 23.3 Å². The Kier molecular flexibility index (Phi) is 4.14. The number of nitrogens with one attached hydrogen (secondary N) is 1. The van der Waals surface area contributed by atoms with Crippen molar-refractivity contribution in [2.75, 3.05) is 13.2 Å². The van der Waals surface area contributed by atoms with Gasteiger partial charge in [-0.2, -0.15) is 5.10 Å². The maximum Gasteiger partial charge on any atom is 0.240 e. The van der Waals surface area contributed by atoms with Crippen molar-refractivity contribution in [3.63, 3.8) is 0 Å². The molecule has 5 aliphatic rings. The summed E-state index contributed by atoms with van der Waals surface area (Å²) in [4.78, 5) is 12.6. The van der Waals surface area contributed by atoms with Gasteiger partial charge in [-0.15, -0.1) is 0 Å². The molecule has 0 spiro atoms. The van der Waals surface area contributed by atoms with Crippen molar-refractivity contribution in [3.05, 3.63) is 23.8 Å². The number of hydrogen-bond acceptors (Lipinski definition) is 4. The first-order valence-electron chi connectivity index (χ1n) is 10.3. The molecule has 0 atom stereocenters. The molecule has 4 bridgehead atoms. The minimum atomic E-state index is 0.0637. The highest BCUT2D eigenvalue weighted by Crippen LogP contribution is 2.61. The normalized spacial score (nSPS) is 33.8. The number of fused-ring (bicyclic) bond motifs is 1. The number of nitrogens with zero attached hydrogens (tertiary/aromatic N) is 1. The van der Waals surface area contributed by atoms with Gasteiger partial charge in [-0.05, 0) is 86.8 Å². The second-order valence-corrected chi connectivity index (χ2v) is 9.18. The predicted molar refractivity (Wildman–Crippen MR) is 103 cm³/mol. The standard InChI is InChI=1S/C22H28N2O3/c1-14(18-2-3-19-20(9-18)27-5-4-26-19)23-24-21(25)13-22-10-15-6-16(11-22)8-17(7-15)12-22/h2-3,9,15-17H,4-8,10-13H2,1H3,(H,24,25)/b23-14-. The number of carbonyl (C=O) groups is 1. The molecule has 5 heteroatoms. The number of carbonyl (C=O) groups excluding carboxylic acids is 1. The number of hydrogen-bond donors (Lipinski definition) is 1. The molecule has 144 valence electrons. The first-order chi connectivity index (χ1) is 13.1. The summed E-state index contributed by atoms with van der Waals surface area (Å²) >= 11 is 0. The van der Waals surface area contributed by atoms with Crippen LogP contribution in [-0.4, -0.2) is 24.8 Å². The van der Waals surface area contributed by atoms with Gasteiger partial charge in [0, 0.05) is 12.0 Å². The van der Waals surface area contributed by atoms with Crippen LogP contribution in [0.4, 0.5) is 0 Å². The molecule has 4 aliphatic carbocycles. The van der Waals surface area contributed by atoms with Crippen LogP contribution in [0.5, 0.6) is 11.5 Å². The lowest BCUT2D eigenvalue weighted by Gasteiger charge is -2.56. The molecule has 5 nitrogen and oxygen atoms in total. The fourth-order valence-electron chi connectivity index (χ4n) is 6.37. The Balaban J connectivity index is 1.23. The van der Waals surface area contributed by atoms with Crippen LogP contribution in [0, 0.1) is 23.2 Å². The highest BCUT2D eigenvalue weighted by molar-refractivity contribution is 5.99. The van der Waals surface area contributed by atoms with E-state index in [0.29, 0.717) is 19.6 Å². The lowest BCUT2D eigenvalue weighted by atomic mass is 9.49. The Morgan fingerprint density at radius 3 is 2.37 bits per heavy atom. The van der Waals surface area contributed by atoms with Gasteiger partial charge in [-0.1, -0.05) is 0 Å². The fraction of sp³-hybridized carbons (Fsp3) is 0.636. The second kappa shape index (κ2) is 6.54. The van der Waals surface area contributed by atoms with Gasteiger partial charge in [0.1, 0.15) is 13.2 Å². The summed E-state index contributed by atoms with van der Waals surface area (Å²) in [6.45, 7) is 3.06. The largest absolute Gasteiger partial charge is 0.486 e. The molecule has 1 heterocycles. The number of benzene rings is 1. The van der Waals surface area contributed by atoms with Crippen molar-refractivity contribution in [3.8, 4) is 11.5 Å². The van der Waals surface area contributed by atoms with Crippen molar-refractivity contribution >= 4 is 11.6 Å². The molecular formula is C22H28N2O3. The maximum absolute atomic E-state index is 12.6. The molecule has 1 N–H and O–H groups in total. The molecule has 0 unspecified atom stereocenters. The number of rotatable bonds is 4. The van der Waals surface area contributed by atoms with E-state index in [2.05, 4.69) is 10.5 Å². The molecule has 1 aromatic carbocycles. The Morgan fingerprint density at radius 2 is 1.70 bits per heavy atom. The molecule has 6 rings (SSSR count). The molecule has 4 fully saturated rings. The van der Waals surface area contributed by atoms with Crippen molar-refractivity contribution in [1.82, 2.24) is 5.43 Å². The summed E-state index contributed by atoms with van der Waals surface area (Å²) in [5.41, 5.74) is 4.78. The molecule has 1 aliphatic heterocycles. The molecule has 0 aromatic heterocycles. The average molecular weight is 368 g/mol. The van der Waals surface area contributed by atoms with E-state index in [1.165, 1.54) is 38.5 Å². The zero-order valence-corrected chi connectivity index (χ0v) is 16.0. The van der Waals surface area contributed by atoms with Gasteiger partial charge in [0.05, 0.1) is 5.71 Å².